The first-order valence-electron chi connectivity index (χ1n) is 5.56. The van der Waals surface area contributed by atoms with Gasteiger partial charge in [0, 0.05) is 25.4 Å². The third-order valence-corrected chi connectivity index (χ3v) is 4.02. The van der Waals surface area contributed by atoms with Gasteiger partial charge in [-0.2, -0.15) is 5.10 Å². The van der Waals surface area contributed by atoms with E-state index in [9.17, 15) is 8.42 Å². The van der Waals surface area contributed by atoms with Crippen LogP contribution in [0.15, 0.2) is 41.6 Å². The number of hydrazine groups is 1. The summed E-state index contributed by atoms with van der Waals surface area (Å²) in [4.78, 5) is 0.112. The molecular weight excluding hydrogens is 266 g/mol. The zero-order valence-electron chi connectivity index (χ0n) is 10.4. The third kappa shape index (κ3) is 3.11. The smallest absolute Gasteiger partial charge is 0.242 e. The summed E-state index contributed by atoms with van der Waals surface area (Å²) in [5.74, 6) is 5.30. The van der Waals surface area contributed by atoms with Crippen molar-refractivity contribution in [1.29, 1.82) is 0 Å². The van der Waals surface area contributed by atoms with Gasteiger partial charge in [-0.3, -0.25) is 10.5 Å². The van der Waals surface area contributed by atoms with E-state index < -0.39 is 10.0 Å². The molecule has 0 aliphatic carbocycles. The van der Waals surface area contributed by atoms with Crippen molar-refractivity contribution in [2.75, 3.05) is 5.43 Å². The number of benzene rings is 1. The maximum atomic E-state index is 12.2. The van der Waals surface area contributed by atoms with E-state index in [1.54, 1.807) is 42.3 Å². The SMILES string of the molecule is Cn1cc(CNS(=O)(=O)c2ccccc2NN)cn1. The van der Waals surface area contributed by atoms with Crippen LogP contribution < -0.4 is 16.0 Å². The van der Waals surface area contributed by atoms with E-state index >= 15 is 0 Å². The number of hydrogen-bond acceptors (Lipinski definition) is 5. The molecule has 1 heterocycles. The molecule has 0 saturated heterocycles. The second-order valence-electron chi connectivity index (χ2n) is 3.99. The molecule has 0 atom stereocenters. The molecule has 0 bridgehead atoms. The van der Waals surface area contributed by atoms with Gasteiger partial charge in [0.15, 0.2) is 0 Å². The number of aromatic nitrogens is 2. The highest BCUT2D eigenvalue weighted by Crippen LogP contribution is 2.19. The molecule has 19 heavy (non-hydrogen) atoms. The Bertz CT molecular complexity index is 665. The van der Waals surface area contributed by atoms with Crippen LogP contribution in [0.4, 0.5) is 5.69 Å². The van der Waals surface area contributed by atoms with Crippen LogP contribution in [0.3, 0.4) is 0 Å². The summed E-state index contributed by atoms with van der Waals surface area (Å²) in [7, 11) is -1.85. The molecule has 102 valence electrons. The molecule has 0 aliphatic rings. The van der Waals surface area contributed by atoms with Gasteiger partial charge in [0.2, 0.25) is 10.0 Å². The van der Waals surface area contributed by atoms with Gasteiger partial charge in [-0.1, -0.05) is 12.1 Å². The van der Waals surface area contributed by atoms with Crippen LogP contribution >= 0.6 is 0 Å². The molecule has 2 rings (SSSR count). The van der Waals surface area contributed by atoms with Crippen LogP contribution in [-0.2, 0) is 23.6 Å². The van der Waals surface area contributed by atoms with Crippen LogP contribution in [0.5, 0.6) is 0 Å². The molecule has 0 saturated carbocycles. The molecule has 0 spiro atoms. The monoisotopic (exact) mass is 281 g/mol. The number of nitrogen functional groups attached to an aromatic ring is 1. The maximum Gasteiger partial charge on any atom is 0.242 e. The Morgan fingerprint density at radius 1 is 1.37 bits per heavy atom. The van der Waals surface area contributed by atoms with Gasteiger partial charge < -0.3 is 5.43 Å². The van der Waals surface area contributed by atoms with Crippen molar-refractivity contribution in [1.82, 2.24) is 14.5 Å². The number of hydrogen-bond donors (Lipinski definition) is 3. The predicted octanol–water partition coefficient (Wildman–Crippen LogP) is 0.184. The summed E-state index contributed by atoms with van der Waals surface area (Å²) >= 11 is 0. The minimum absolute atomic E-state index is 0.112. The standard InChI is InChI=1S/C11H15N5O2S/c1-16-8-9(6-13-16)7-14-19(17,18)11-5-3-2-4-10(11)15-12/h2-6,8,14-15H,7,12H2,1H3. The van der Waals surface area contributed by atoms with Gasteiger partial charge in [0.05, 0.1) is 11.9 Å². The summed E-state index contributed by atoms with van der Waals surface area (Å²) in [6.07, 6.45) is 3.35. The van der Waals surface area contributed by atoms with Crippen molar-refractivity contribution in [2.45, 2.75) is 11.4 Å². The second kappa shape index (κ2) is 5.39. The molecule has 7 nitrogen and oxygen atoms in total. The number of nitrogens with zero attached hydrogens (tertiary/aromatic N) is 2. The van der Waals surface area contributed by atoms with E-state index in [1.165, 1.54) is 6.07 Å². The zero-order valence-corrected chi connectivity index (χ0v) is 11.2. The summed E-state index contributed by atoms with van der Waals surface area (Å²) in [6.45, 7) is 0.176. The van der Waals surface area contributed by atoms with Crippen LogP contribution in [0, 0.1) is 0 Å². The third-order valence-electron chi connectivity index (χ3n) is 2.56. The van der Waals surface area contributed by atoms with E-state index in [1.807, 2.05) is 0 Å². The van der Waals surface area contributed by atoms with Gasteiger partial charge in [0.25, 0.3) is 0 Å². The van der Waals surface area contributed by atoms with E-state index in [2.05, 4.69) is 15.2 Å². The average Bonchev–Trinajstić information content (AvgIpc) is 2.82. The molecule has 0 unspecified atom stereocenters. The lowest BCUT2D eigenvalue weighted by atomic mass is 10.3. The largest absolute Gasteiger partial charge is 0.323 e. The number of sulfonamides is 1. The van der Waals surface area contributed by atoms with Crippen molar-refractivity contribution in [3.63, 3.8) is 0 Å². The molecular formula is C11H15N5O2S. The number of anilines is 1. The molecule has 0 amide bonds. The molecule has 0 radical (unpaired) electrons. The Kier molecular flexibility index (Phi) is 3.84. The van der Waals surface area contributed by atoms with Gasteiger partial charge in [0.1, 0.15) is 4.90 Å². The van der Waals surface area contributed by atoms with E-state index in [4.69, 9.17) is 5.84 Å². The lowest BCUT2D eigenvalue weighted by molar-refractivity contribution is 0.581. The first-order chi connectivity index (χ1) is 9.03. The number of nitrogens with one attached hydrogen (secondary N) is 2. The first-order valence-corrected chi connectivity index (χ1v) is 7.04. The number of rotatable bonds is 5. The molecule has 4 N–H and O–H groups in total. The fraction of sp³-hybridized carbons (Fsp3) is 0.182. The summed E-state index contributed by atoms with van der Waals surface area (Å²) in [6, 6.07) is 6.42. The summed E-state index contributed by atoms with van der Waals surface area (Å²) in [5.41, 5.74) is 3.50. The van der Waals surface area contributed by atoms with Gasteiger partial charge in [-0.25, -0.2) is 13.1 Å². The van der Waals surface area contributed by atoms with Crippen LogP contribution in [-0.4, -0.2) is 18.2 Å². The van der Waals surface area contributed by atoms with Crippen LogP contribution in [0.25, 0.3) is 0 Å². The molecule has 0 fully saturated rings. The Hall–Kier alpha value is -1.90. The van der Waals surface area contributed by atoms with Crippen LogP contribution in [0.1, 0.15) is 5.56 Å². The fourth-order valence-corrected chi connectivity index (χ4v) is 2.83. The minimum Gasteiger partial charge on any atom is -0.323 e. The van der Waals surface area contributed by atoms with Crippen molar-refractivity contribution in [3.8, 4) is 0 Å². The van der Waals surface area contributed by atoms with Crippen molar-refractivity contribution in [3.05, 3.63) is 42.2 Å². The number of nitrogens with two attached hydrogens (primary N) is 1. The van der Waals surface area contributed by atoms with Gasteiger partial charge >= 0.3 is 0 Å². The van der Waals surface area contributed by atoms with Gasteiger partial charge in [-0.15, -0.1) is 0 Å². The Balaban J connectivity index is 2.18. The number of para-hydroxylation sites is 1. The molecule has 1 aromatic carbocycles. The van der Waals surface area contributed by atoms with E-state index in [0.29, 0.717) is 5.69 Å². The Labute approximate surface area is 111 Å². The van der Waals surface area contributed by atoms with Crippen molar-refractivity contribution < 1.29 is 8.42 Å². The van der Waals surface area contributed by atoms with E-state index in [0.717, 1.165) is 5.56 Å². The quantitative estimate of drug-likeness (QED) is 0.536. The maximum absolute atomic E-state index is 12.2. The number of aryl methyl sites for hydroxylation is 1. The fourth-order valence-electron chi connectivity index (χ4n) is 1.64. The first kappa shape index (κ1) is 13.5. The molecule has 0 aliphatic heterocycles. The van der Waals surface area contributed by atoms with Crippen LogP contribution in [0.2, 0.25) is 0 Å². The van der Waals surface area contributed by atoms with Gasteiger partial charge in [-0.05, 0) is 12.1 Å². The summed E-state index contributed by atoms with van der Waals surface area (Å²) in [5, 5.41) is 3.97. The highest BCUT2D eigenvalue weighted by molar-refractivity contribution is 7.89. The lowest BCUT2D eigenvalue weighted by Gasteiger charge is -2.10. The average molecular weight is 281 g/mol. The van der Waals surface area contributed by atoms with Crippen molar-refractivity contribution >= 4 is 15.7 Å². The predicted molar refractivity (Wildman–Crippen MR) is 71.5 cm³/mol. The topological polar surface area (TPSA) is 102 Å². The Morgan fingerprint density at radius 3 is 2.74 bits per heavy atom. The molecule has 1 aromatic heterocycles. The summed E-state index contributed by atoms with van der Waals surface area (Å²) < 4.78 is 28.4. The highest BCUT2D eigenvalue weighted by atomic mass is 32.2. The Morgan fingerprint density at radius 2 is 2.11 bits per heavy atom. The second-order valence-corrected chi connectivity index (χ2v) is 5.72. The zero-order chi connectivity index (χ0) is 13.9. The lowest BCUT2D eigenvalue weighted by Crippen LogP contribution is -2.24. The molecule has 2 aromatic rings. The van der Waals surface area contributed by atoms with Crippen molar-refractivity contribution in [2.24, 2.45) is 12.9 Å². The molecule has 8 heteroatoms. The van der Waals surface area contributed by atoms with E-state index in [-0.39, 0.29) is 11.4 Å². The highest BCUT2D eigenvalue weighted by Gasteiger charge is 2.17. The minimum atomic E-state index is -3.62. The normalized spacial score (nSPS) is 11.5.